The van der Waals surface area contributed by atoms with Gasteiger partial charge in [0.05, 0.1) is 23.3 Å². The number of aromatic nitrogens is 1. The molecule has 1 N–H and O–H groups in total. The molecule has 3 heterocycles. The van der Waals surface area contributed by atoms with Crippen molar-refractivity contribution in [1.29, 1.82) is 0 Å². The average molecular weight is 497 g/mol. The van der Waals surface area contributed by atoms with Crippen LogP contribution in [-0.2, 0) is 9.53 Å². The smallest absolute Gasteiger partial charge is 0.350 e. The van der Waals surface area contributed by atoms with Crippen LogP contribution in [0.3, 0.4) is 0 Å². The van der Waals surface area contributed by atoms with Crippen LogP contribution >= 0.6 is 22.7 Å². The zero-order valence-corrected chi connectivity index (χ0v) is 19.9. The second kappa shape index (κ2) is 9.62. The van der Waals surface area contributed by atoms with Crippen LogP contribution in [0.1, 0.15) is 36.6 Å². The molecule has 34 heavy (non-hydrogen) atoms. The Balaban J connectivity index is 1.86. The molecule has 0 fully saturated rings. The first-order valence-corrected chi connectivity index (χ1v) is 11.8. The molecular weight excluding hydrogens is 476 g/mol. The van der Waals surface area contributed by atoms with Crippen molar-refractivity contribution >= 4 is 45.5 Å². The predicted octanol–water partition coefficient (Wildman–Crippen LogP) is 4.65. The molecule has 174 valence electrons. The van der Waals surface area contributed by atoms with Gasteiger partial charge in [-0.05, 0) is 24.4 Å². The number of amides is 1. The third-order valence-electron chi connectivity index (χ3n) is 5.14. The summed E-state index contributed by atoms with van der Waals surface area (Å²) in [4.78, 5) is 45.3. The summed E-state index contributed by atoms with van der Waals surface area (Å²) in [7, 11) is 1.48. The number of hydrogen-bond acceptors (Lipinski definition) is 9. The van der Waals surface area contributed by atoms with Crippen molar-refractivity contribution in [3.8, 4) is 5.75 Å². The van der Waals surface area contributed by atoms with E-state index in [0.29, 0.717) is 21.9 Å². The first-order valence-electron chi connectivity index (χ1n) is 10.1. The molecule has 0 radical (unpaired) electrons. The standard InChI is InChI=1S/C24H20N2O6S2/c1-4-11-32-23(30)21-13(2)25-24(34-21)26-18(14-8-5-6-9-15(14)31-3)17(20(28)22(26)29)19(27)16-10-7-12-33-16/h4-10,12,18,28H,1,11H2,2-3H3. The number of nitrogens with zero attached hydrogens (tertiary/aromatic N) is 2. The molecule has 2 aromatic heterocycles. The zero-order valence-electron chi connectivity index (χ0n) is 18.3. The number of aryl methyl sites for hydroxylation is 1. The van der Waals surface area contributed by atoms with Gasteiger partial charge in [0, 0.05) is 5.56 Å². The maximum Gasteiger partial charge on any atom is 0.350 e. The molecule has 0 saturated heterocycles. The van der Waals surface area contributed by atoms with Crippen LogP contribution in [0.4, 0.5) is 5.13 Å². The zero-order chi connectivity index (χ0) is 24.4. The molecule has 1 aliphatic heterocycles. The number of esters is 1. The van der Waals surface area contributed by atoms with Crippen molar-refractivity contribution in [2.45, 2.75) is 13.0 Å². The topological polar surface area (TPSA) is 106 Å². The Morgan fingerprint density at radius 3 is 2.71 bits per heavy atom. The Kier molecular flexibility index (Phi) is 6.62. The van der Waals surface area contributed by atoms with E-state index in [1.165, 1.54) is 29.4 Å². The molecule has 0 saturated carbocycles. The van der Waals surface area contributed by atoms with Crippen LogP contribution in [0.5, 0.6) is 5.75 Å². The number of hydrogen-bond donors (Lipinski definition) is 1. The van der Waals surface area contributed by atoms with Crippen molar-refractivity contribution in [2.75, 3.05) is 18.6 Å². The number of thiophene rings is 1. The summed E-state index contributed by atoms with van der Waals surface area (Å²) in [5, 5.41) is 12.7. The van der Waals surface area contributed by atoms with Crippen LogP contribution in [0.2, 0.25) is 0 Å². The fraction of sp³-hybridized carbons (Fsp3) is 0.167. The lowest BCUT2D eigenvalue weighted by atomic mass is 9.95. The van der Waals surface area contributed by atoms with E-state index in [9.17, 15) is 19.5 Å². The van der Waals surface area contributed by atoms with Crippen LogP contribution < -0.4 is 9.64 Å². The number of thiazole rings is 1. The number of carbonyl (C=O) groups is 3. The van der Waals surface area contributed by atoms with Crippen LogP contribution in [0.25, 0.3) is 0 Å². The van der Waals surface area contributed by atoms with Crippen molar-refractivity contribution in [1.82, 2.24) is 4.98 Å². The largest absolute Gasteiger partial charge is 0.503 e. The third-order valence-corrected chi connectivity index (χ3v) is 7.15. The molecule has 0 spiro atoms. The van der Waals surface area contributed by atoms with Gasteiger partial charge in [0.2, 0.25) is 5.78 Å². The number of para-hydroxylation sites is 1. The second-order valence-corrected chi connectivity index (χ2v) is 9.11. The van der Waals surface area contributed by atoms with Crippen molar-refractivity contribution in [2.24, 2.45) is 0 Å². The van der Waals surface area contributed by atoms with E-state index in [1.54, 1.807) is 48.7 Å². The van der Waals surface area contributed by atoms with Gasteiger partial charge < -0.3 is 14.6 Å². The van der Waals surface area contributed by atoms with Gasteiger partial charge in [0.25, 0.3) is 5.91 Å². The Morgan fingerprint density at radius 2 is 2.03 bits per heavy atom. The highest BCUT2D eigenvalue weighted by Crippen LogP contribution is 2.46. The normalized spacial score (nSPS) is 15.5. The number of anilines is 1. The Morgan fingerprint density at radius 1 is 1.26 bits per heavy atom. The van der Waals surface area contributed by atoms with E-state index in [2.05, 4.69) is 11.6 Å². The molecule has 1 amide bonds. The lowest BCUT2D eigenvalue weighted by molar-refractivity contribution is -0.117. The van der Waals surface area contributed by atoms with E-state index in [0.717, 1.165) is 11.3 Å². The van der Waals surface area contributed by atoms with Gasteiger partial charge in [-0.25, -0.2) is 9.78 Å². The summed E-state index contributed by atoms with van der Waals surface area (Å²) in [6.45, 7) is 5.17. The number of Topliss-reactive ketones (excluding diaryl/α,β-unsaturated/α-hetero) is 1. The number of benzene rings is 1. The molecule has 8 nitrogen and oxygen atoms in total. The highest BCUT2D eigenvalue weighted by Gasteiger charge is 2.47. The molecule has 1 aromatic carbocycles. The number of carbonyl (C=O) groups excluding carboxylic acids is 3. The molecule has 3 aromatic rings. The molecule has 10 heteroatoms. The van der Waals surface area contributed by atoms with E-state index >= 15 is 0 Å². The summed E-state index contributed by atoms with van der Waals surface area (Å²) in [5.74, 6) is -2.12. The van der Waals surface area contributed by atoms with Crippen molar-refractivity contribution in [3.63, 3.8) is 0 Å². The molecule has 4 rings (SSSR count). The number of aliphatic hydroxyl groups is 1. The van der Waals surface area contributed by atoms with Crippen LogP contribution in [0.15, 0.2) is 65.8 Å². The molecule has 1 atom stereocenters. The third kappa shape index (κ3) is 4.02. The molecule has 0 aliphatic carbocycles. The van der Waals surface area contributed by atoms with Crippen LogP contribution in [-0.4, -0.2) is 41.5 Å². The lowest BCUT2D eigenvalue weighted by Gasteiger charge is -2.25. The fourth-order valence-electron chi connectivity index (χ4n) is 3.64. The van der Waals surface area contributed by atoms with Crippen molar-refractivity contribution < 1.29 is 29.0 Å². The molecule has 0 bridgehead atoms. The van der Waals surface area contributed by atoms with Gasteiger partial charge in [0.15, 0.2) is 10.9 Å². The number of methoxy groups -OCH3 is 1. The highest BCUT2D eigenvalue weighted by molar-refractivity contribution is 7.17. The quantitative estimate of drug-likeness (QED) is 0.275. The molecule has 1 aliphatic rings. The van der Waals surface area contributed by atoms with Gasteiger partial charge >= 0.3 is 5.97 Å². The number of ketones is 1. The monoisotopic (exact) mass is 496 g/mol. The Labute approximate surface area is 203 Å². The Hall–Kier alpha value is -3.76. The average Bonchev–Trinajstić information content (AvgIpc) is 3.56. The summed E-state index contributed by atoms with van der Waals surface area (Å²) < 4.78 is 10.6. The van der Waals surface area contributed by atoms with E-state index < -0.39 is 29.5 Å². The van der Waals surface area contributed by atoms with Gasteiger partial charge in [-0.15, -0.1) is 11.3 Å². The number of rotatable bonds is 8. The Bertz CT molecular complexity index is 1310. The number of ether oxygens (including phenoxy) is 2. The molecule has 1 unspecified atom stereocenters. The van der Waals surface area contributed by atoms with Gasteiger partial charge in [0.1, 0.15) is 23.3 Å². The van der Waals surface area contributed by atoms with E-state index in [-0.39, 0.29) is 22.2 Å². The maximum absolute atomic E-state index is 13.4. The van der Waals surface area contributed by atoms with Gasteiger partial charge in [-0.3, -0.25) is 14.5 Å². The first kappa shape index (κ1) is 23.4. The van der Waals surface area contributed by atoms with Gasteiger partial charge in [-0.1, -0.05) is 48.3 Å². The predicted molar refractivity (Wildman–Crippen MR) is 129 cm³/mol. The highest BCUT2D eigenvalue weighted by atomic mass is 32.1. The van der Waals surface area contributed by atoms with Crippen LogP contribution in [0, 0.1) is 6.92 Å². The summed E-state index contributed by atoms with van der Waals surface area (Å²) in [5.41, 5.74) is 0.768. The summed E-state index contributed by atoms with van der Waals surface area (Å²) in [6, 6.07) is 9.24. The SMILES string of the molecule is C=CCOC(=O)c1sc(N2C(=O)C(O)=C(C(=O)c3cccs3)C2c2ccccc2OC)nc1C. The fourth-order valence-corrected chi connectivity index (χ4v) is 5.30. The van der Waals surface area contributed by atoms with Gasteiger partial charge in [-0.2, -0.15) is 0 Å². The lowest BCUT2D eigenvalue weighted by Crippen LogP contribution is -2.31. The number of aliphatic hydroxyl groups excluding tert-OH is 1. The minimum atomic E-state index is -1.01. The van der Waals surface area contributed by atoms with E-state index in [4.69, 9.17) is 9.47 Å². The minimum absolute atomic E-state index is 0.0276. The maximum atomic E-state index is 13.4. The molecular formula is C24H20N2O6S2. The first-order chi connectivity index (χ1) is 16.4. The van der Waals surface area contributed by atoms with Crippen molar-refractivity contribution in [3.05, 3.63) is 86.8 Å². The minimum Gasteiger partial charge on any atom is -0.503 e. The summed E-state index contributed by atoms with van der Waals surface area (Å²) in [6.07, 6.45) is 1.45. The second-order valence-electron chi connectivity index (χ2n) is 7.19. The summed E-state index contributed by atoms with van der Waals surface area (Å²) >= 11 is 2.15. The van der Waals surface area contributed by atoms with E-state index in [1.807, 2.05) is 0 Å².